The molecule has 0 aromatic heterocycles. The number of carbonyl (C=O) groups is 1. The van der Waals surface area contributed by atoms with E-state index in [-0.39, 0.29) is 19.2 Å². The van der Waals surface area contributed by atoms with E-state index < -0.39 is 16.2 Å². The van der Waals surface area contributed by atoms with Gasteiger partial charge in [-0.3, -0.25) is 4.79 Å². The van der Waals surface area contributed by atoms with Gasteiger partial charge in [0, 0.05) is 6.04 Å². The maximum absolute atomic E-state index is 11.2. The van der Waals surface area contributed by atoms with Crippen LogP contribution in [0.15, 0.2) is 0 Å². The molecule has 0 saturated heterocycles. The summed E-state index contributed by atoms with van der Waals surface area (Å²) in [4.78, 5) is 10.8. The average Bonchev–Trinajstić information content (AvgIpc) is 2.85. The summed E-state index contributed by atoms with van der Waals surface area (Å²) < 4.78 is 31.4. The van der Waals surface area contributed by atoms with Gasteiger partial charge in [0.05, 0.1) is 6.61 Å². The zero-order valence-corrected chi connectivity index (χ0v) is 8.76. The lowest BCUT2D eigenvalue weighted by molar-refractivity contribution is -0.141. The van der Waals surface area contributed by atoms with Crippen LogP contribution in [0.1, 0.15) is 19.8 Å². The van der Waals surface area contributed by atoms with Crippen molar-refractivity contribution >= 4 is 16.2 Å². The molecule has 0 aliphatic heterocycles. The Balaban J connectivity index is 2.24. The lowest BCUT2D eigenvalue weighted by Gasteiger charge is -2.06. The molecule has 0 heterocycles. The zero-order chi connectivity index (χ0) is 10.6. The molecule has 1 aliphatic rings. The van der Waals surface area contributed by atoms with E-state index in [1.54, 1.807) is 6.92 Å². The molecule has 0 bridgehead atoms. The molecule has 2 N–H and O–H groups in total. The fourth-order valence-corrected chi connectivity index (χ4v) is 1.89. The van der Waals surface area contributed by atoms with E-state index in [0.29, 0.717) is 0 Å². The molecule has 1 fully saturated rings. The lowest BCUT2D eigenvalue weighted by atomic mass is 10.7. The molecule has 0 aromatic rings. The molecular formula is C7H14N2O4S. The monoisotopic (exact) mass is 222 g/mol. The molecule has 0 atom stereocenters. The fraction of sp³-hybridized carbons (Fsp3) is 0.857. The second kappa shape index (κ2) is 4.72. The van der Waals surface area contributed by atoms with Gasteiger partial charge in [-0.25, -0.2) is 0 Å². The predicted octanol–water partition coefficient (Wildman–Crippen LogP) is -0.864. The molecule has 1 saturated carbocycles. The van der Waals surface area contributed by atoms with Crippen LogP contribution in [0.2, 0.25) is 0 Å². The fourth-order valence-electron chi connectivity index (χ4n) is 0.828. The Morgan fingerprint density at radius 1 is 1.50 bits per heavy atom. The average molecular weight is 222 g/mol. The zero-order valence-electron chi connectivity index (χ0n) is 7.95. The van der Waals surface area contributed by atoms with Crippen LogP contribution in [0.4, 0.5) is 0 Å². The molecule has 0 aromatic carbocycles. The van der Waals surface area contributed by atoms with Crippen LogP contribution < -0.4 is 9.44 Å². The third kappa shape index (κ3) is 4.54. The number of rotatable bonds is 6. The van der Waals surface area contributed by atoms with Gasteiger partial charge in [0.2, 0.25) is 0 Å². The van der Waals surface area contributed by atoms with Gasteiger partial charge in [-0.2, -0.15) is 17.9 Å². The Morgan fingerprint density at radius 2 is 2.14 bits per heavy atom. The largest absolute Gasteiger partial charge is 0.465 e. The summed E-state index contributed by atoms with van der Waals surface area (Å²) in [5, 5.41) is 0. The summed E-state index contributed by atoms with van der Waals surface area (Å²) in [5.41, 5.74) is 0. The smallest absolute Gasteiger partial charge is 0.321 e. The highest BCUT2D eigenvalue weighted by Crippen LogP contribution is 2.19. The molecule has 7 heteroatoms. The maximum atomic E-state index is 11.2. The number of carbonyl (C=O) groups excluding carboxylic acids is 1. The molecule has 6 nitrogen and oxygen atoms in total. The summed E-state index contributed by atoms with van der Waals surface area (Å²) in [6.45, 7) is 1.58. The second-order valence-corrected chi connectivity index (χ2v) is 4.55. The van der Waals surface area contributed by atoms with Gasteiger partial charge in [0.15, 0.2) is 0 Å². The quantitative estimate of drug-likeness (QED) is 0.572. The summed E-state index contributed by atoms with van der Waals surface area (Å²) in [7, 11) is -3.53. The molecular weight excluding hydrogens is 208 g/mol. The van der Waals surface area contributed by atoms with Gasteiger partial charge in [0.25, 0.3) is 10.2 Å². The minimum Gasteiger partial charge on any atom is -0.465 e. The number of ether oxygens (including phenoxy) is 1. The Bertz CT molecular complexity index is 297. The van der Waals surface area contributed by atoms with E-state index in [0.717, 1.165) is 12.8 Å². The van der Waals surface area contributed by atoms with E-state index in [4.69, 9.17) is 0 Å². The van der Waals surface area contributed by atoms with Crippen molar-refractivity contribution in [1.29, 1.82) is 0 Å². The minimum absolute atomic E-state index is 0.0368. The van der Waals surface area contributed by atoms with Crippen LogP contribution in [0, 0.1) is 0 Å². The Hall–Kier alpha value is -0.660. The van der Waals surface area contributed by atoms with Crippen molar-refractivity contribution < 1.29 is 17.9 Å². The van der Waals surface area contributed by atoms with Crippen molar-refractivity contribution in [2.24, 2.45) is 0 Å². The highest BCUT2D eigenvalue weighted by Gasteiger charge is 2.26. The summed E-state index contributed by atoms with van der Waals surface area (Å²) in [6.07, 6.45) is 1.72. The van der Waals surface area contributed by atoms with Gasteiger partial charge >= 0.3 is 5.97 Å². The van der Waals surface area contributed by atoms with Crippen LogP contribution in [0.25, 0.3) is 0 Å². The van der Waals surface area contributed by atoms with Crippen LogP contribution >= 0.6 is 0 Å². The molecule has 0 unspecified atom stereocenters. The van der Waals surface area contributed by atoms with Crippen molar-refractivity contribution in [3.63, 3.8) is 0 Å². The Labute approximate surface area is 83.2 Å². The minimum atomic E-state index is -3.53. The van der Waals surface area contributed by atoms with Gasteiger partial charge in [-0.15, -0.1) is 0 Å². The van der Waals surface area contributed by atoms with Crippen molar-refractivity contribution in [3.05, 3.63) is 0 Å². The van der Waals surface area contributed by atoms with Gasteiger partial charge in [-0.1, -0.05) is 0 Å². The van der Waals surface area contributed by atoms with Crippen LogP contribution in [0.5, 0.6) is 0 Å². The van der Waals surface area contributed by atoms with Gasteiger partial charge in [0.1, 0.15) is 6.54 Å². The third-order valence-electron chi connectivity index (χ3n) is 1.61. The number of nitrogens with one attached hydrogen (secondary N) is 2. The lowest BCUT2D eigenvalue weighted by Crippen LogP contribution is -2.40. The summed E-state index contributed by atoms with van der Waals surface area (Å²) >= 11 is 0. The number of hydrogen-bond donors (Lipinski definition) is 2. The molecule has 0 amide bonds. The summed E-state index contributed by atoms with van der Waals surface area (Å²) in [6, 6.07) is 0.0368. The molecule has 14 heavy (non-hydrogen) atoms. The van der Waals surface area contributed by atoms with Gasteiger partial charge < -0.3 is 4.74 Å². The third-order valence-corrected chi connectivity index (χ3v) is 2.78. The highest BCUT2D eigenvalue weighted by atomic mass is 32.2. The Morgan fingerprint density at radius 3 is 2.64 bits per heavy atom. The SMILES string of the molecule is CCOC(=O)CNS(=O)(=O)NC1CC1. The van der Waals surface area contributed by atoms with Crippen molar-refractivity contribution in [2.75, 3.05) is 13.2 Å². The standard InChI is InChI=1S/C7H14N2O4S/c1-2-13-7(10)5-8-14(11,12)9-6-3-4-6/h6,8-9H,2-5H2,1H3. The topological polar surface area (TPSA) is 84.5 Å². The maximum Gasteiger partial charge on any atom is 0.321 e. The number of esters is 1. The van der Waals surface area contributed by atoms with Gasteiger partial charge in [-0.05, 0) is 19.8 Å². The van der Waals surface area contributed by atoms with E-state index in [1.165, 1.54) is 0 Å². The van der Waals surface area contributed by atoms with Crippen molar-refractivity contribution in [2.45, 2.75) is 25.8 Å². The number of hydrogen-bond acceptors (Lipinski definition) is 4. The van der Waals surface area contributed by atoms with Crippen LogP contribution in [-0.4, -0.2) is 33.6 Å². The molecule has 0 radical (unpaired) electrons. The van der Waals surface area contributed by atoms with Crippen LogP contribution in [-0.2, 0) is 19.7 Å². The van der Waals surface area contributed by atoms with E-state index >= 15 is 0 Å². The van der Waals surface area contributed by atoms with E-state index in [9.17, 15) is 13.2 Å². The first kappa shape index (κ1) is 11.4. The Kier molecular flexibility index (Phi) is 3.85. The highest BCUT2D eigenvalue weighted by molar-refractivity contribution is 7.87. The normalized spacial score (nSPS) is 16.6. The first-order valence-corrected chi connectivity index (χ1v) is 5.94. The predicted molar refractivity (Wildman–Crippen MR) is 49.7 cm³/mol. The molecule has 1 rings (SSSR count). The molecule has 1 aliphatic carbocycles. The summed E-state index contributed by atoms with van der Waals surface area (Å²) in [5.74, 6) is -0.575. The van der Waals surface area contributed by atoms with Crippen LogP contribution in [0.3, 0.4) is 0 Å². The molecule has 82 valence electrons. The second-order valence-electron chi connectivity index (χ2n) is 3.02. The van der Waals surface area contributed by atoms with Crippen molar-refractivity contribution in [3.8, 4) is 0 Å². The first-order valence-electron chi connectivity index (χ1n) is 4.46. The van der Waals surface area contributed by atoms with E-state index in [2.05, 4.69) is 14.2 Å². The van der Waals surface area contributed by atoms with E-state index in [1.807, 2.05) is 0 Å². The first-order chi connectivity index (χ1) is 6.53. The van der Waals surface area contributed by atoms with Crippen molar-refractivity contribution in [1.82, 2.24) is 9.44 Å². The molecule has 0 spiro atoms.